The van der Waals surface area contributed by atoms with Crippen LogP contribution in [0.1, 0.15) is 33.1 Å². The van der Waals surface area contributed by atoms with Gasteiger partial charge in [0, 0.05) is 31.5 Å². The molecule has 100 valence electrons. The third kappa shape index (κ3) is 3.42. The molecule has 1 aliphatic rings. The molecule has 18 heavy (non-hydrogen) atoms. The molecule has 0 bridgehead atoms. The summed E-state index contributed by atoms with van der Waals surface area (Å²) in [7, 11) is 0. The molecular weight excluding hydrogens is 224 g/mol. The van der Waals surface area contributed by atoms with Crippen LogP contribution in [0.2, 0.25) is 0 Å². The average molecular weight is 248 g/mol. The number of nitrogens with one attached hydrogen (secondary N) is 1. The molecule has 1 fully saturated rings. The zero-order chi connectivity index (χ0) is 12.8. The van der Waals surface area contributed by atoms with Gasteiger partial charge in [-0.05, 0) is 38.6 Å². The van der Waals surface area contributed by atoms with E-state index < -0.39 is 0 Å². The molecule has 4 heteroatoms. The molecule has 0 amide bonds. The second-order valence-electron chi connectivity index (χ2n) is 5.13. The van der Waals surface area contributed by atoms with Gasteiger partial charge in [0.05, 0.1) is 6.20 Å². The Balaban J connectivity index is 1.81. The largest absolute Gasteiger partial charge is 0.355 e. The summed E-state index contributed by atoms with van der Waals surface area (Å²) in [4.78, 5) is 10.9. The van der Waals surface area contributed by atoms with E-state index >= 15 is 0 Å². The van der Waals surface area contributed by atoms with Crippen molar-refractivity contribution in [1.82, 2.24) is 15.3 Å². The highest BCUT2D eigenvalue weighted by atomic mass is 15.2. The Bertz CT molecular complexity index is 333. The lowest BCUT2D eigenvalue weighted by Crippen LogP contribution is -2.42. The van der Waals surface area contributed by atoms with Gasteiger partial charge in [0.1, 0.15) is 5.82 Å². The van der Waals surface area contributed by atoms with Crippen LogP contribution in [0, 0.1) is 5.92 Å². The molecule has 0 aromatic carbocycles. The zero-order valence-corrected chi connectivity index (χ0v) is 11.5. The van der Waals surface area contributed by atoms with E-state index in [1.54, 1.807) is 12.4 Å². The van der Waals surface area contributed by atoms with Crippen molar-refractivity contribution in [2.24, 2.45) is 5.92 Å². The first-order valence-corrected chi connectivity index (χ1v) is 7.05. The second-order valence-corrected chi connectivity index (χ2v) is 5.13. The highest BCUT2D eigenvalue weighted by molar-refractivity contribution is 5.35. The van der Waals surface area contributed by atoms with Gasteiger partial charge in [0.15, 0.2) is 0 Å². The van der Waals surface area contributed by atoms with Gasteiger partial charge in [0.25, 0.3) is 0 Å². The molecule has 4 nitrogen and oxygen atoms in total. The maximum absolute atomic E-state index is 4.37. The maximum atomic E-state index is 4.37. The van der Waals surface area contributed by atoms with Crippen molar-refractivity contribution in [3.05, 3.63) is 18.6 Å². The van der Waals surface area contributed by atoms with E-state index in [9.17, 15) is 0 Å². The molecule has 1 atom stereocenters. The van der Waals surface area contributed by atoms with E-state index in [1.165, 1.54) is 19.3 Å². The Hall–Kier alpha value is -1.16. The van der Waals surface area contributed by atoms with Crippen LogP contribution in [-0.2, 0) is 0 Å². The maximum Gasteiger partial charge on any atom is 0.147 e. The summed E-state index contributed by atoms with van der Waals surface area (Å²) in [6, 6.07) is 0.633. The lowest BCUT2D eigenvalue weighted by atomic mass is 9.90. The highest BCUT2D eigenvalue weighted by Crippen LogP contribution is 2.23. The summed E-state index contributed by atoms with van der Waals surface area (Å²) in [6.45, 7) is 7.86. The van der Waals surface area contributed by atoms with E-state index in [0.29, 0.717) is 6.04 Å². The van der Waals surface area contributed by atoms with E-state index in [-0.39, 0.29) is 0 Å². The number of rotatable bonds is 5. The van der Waals surface area contributed by atoms with Gasteiger partial charge in [-0.2, -0.15) is 0 Å². The third-order valence-electron chi connectivity index (χ3n) is 3.84. The standard InChI is InChI=1S/C14H24N4/c1-3-6-16-12(2)13-4-9-18(10-5-13)14-11-15-7-8-17-14/h7-8,11-13,16H,3-6,9-10H2,1-2H3. The van der Waals surface area contributed by atoms with Gasteiger partial charge >= 0.3 is 0 Å². The average Bonchev–Trinajstić information content (AvgIpc) is 2.46. The minimum absolute atomic E-state index is 0.633. The molecule has 0 saturated carbocycles. The highest BCUT2D eigenvalue weighted by Gasteiger charge is 2.23. The van der Waals surface area contributed by atoms with Crippen molar-refractivity contribution < 1.29 is 0 Å². The first-order valence-electron chi connectivity index (χ1n) is 7.05. The van der Waals surface area contributed by atoms with Crippen LogP contribution in [-0.4, -0.2) is 35.6 Å². The smallest absolute Gasteiger partial charge is 0.147 e. The molecule has 2 heterocycles. The van der Waals surface area contributed by atoms with Crippen LogP contribution in [0.4, 0.5) is 5.82 Å². The minimum atomic E-state index is 0.633. The molecule has 1 N–H and O–H groups in total. The van der Waals surface area contributed by atoms with Crippen molar-refractivity contribution in [3.8, 4) is 0 Å². The summed E-state index contributed by atoms with van der Waals surface area (Å²) < 4.78 is 0. The SMILES string of the molecule is CCCNC(C)C1CCN(c2cnccn2)CC1. The van der Waals surface area contributed by atoms with Gasteiger partial charge in [-0.1, -0.05) is 6.92 Å². The number of aromatic nitrogens is 2. The van der Waals surface area contributed by atoms with Gasteiger partial charge in [-0.15, -0.1) is 0 Å². The van der Waals surface area contributed by atoms with Crippen LogP contribution in [0.5, 0.6) is 0 Å². The molecule has 1 aliphatic heterocycles. The van der Waals surface area contributed by atoms with Crippen LogP contribution >= 0.6 is 0 Å². The Morgan fingerprint density at radius 1 is 1.39 bits per heavy atom. The summed E-state index contributed by atoms with van der Waals surface area (Å²) >= 11 is 0. The predicted molar refractivity (Wildman–Crippen MR) is 74.7 cm³/mol. The van der Waals surface area contributed by atoms with E-state index in [0.717, 1.165) is 31.4 Å². The summed E-state index contributed by atoms with van der Waals surface area (Å²) in [5.74, 6) is 1.81. The van der Waals surface area contributed by atoms with Gasteiger partial charge in [-0.3, -0.25) is 4.98 Å². The molecule has 1 saturated heterocycles. The Kier molecular flexibility index (Phi) is 4.93. The van der Waals surface area contributed by atoms with Gasteiger partial charge in [0.2, 0.25) is 0 Å². The van der Waals surface area contributed by atoms with E-state index in [2.05, 4.69) is 34.0 Å². The fraction of sp³-hybridized carbons (Fsp3) is 0.714. The molecule has 1 unspecified atom stereocenters. The molecule has 1 aromatic rings. The first kappa shape index (κ1) is 13.3. The molecule has 0 aliphatic carbocycles. The number of anilines is 1. The number of hydrogen-bond acceptors (Lipinski definition) is 4. The molecule has 1 aromatic heterocycles. The van der Waals surface area contributed by atoms with Crippen molar-refractivity contribution in [2.45, 2.75) is 39.2 Å². The zero-order valence-electron chi connectivity index (χ0n) is 11.5. The normalized spacial score (nSPS) is 18.9. The van der Waals surface area contributed by atoms with Crippen molar-refractivity contribution in [1.29, 1.82) is 0 Å². The third-order valence-corrected chi connectivity index (χ3v) is 3.84. The minimum Gasteiger partial charge on any atom is -0.355 e. The predicted octanol–water partition coefficient (Wildman–Crippen LogP) is 2.08. The monoisotopic (exact) mass is 248 g/mol. The van der Waals surface area contributed by atoms with Crippen LogP contribution in [0.15, 0.2) is 18.6 Å². The summed E-state index contributed by atoms with van der Waals surface area (Å²) in [5.41, 5.74) is 0. The quantitative estimate of drug-likeness (QED) is 0.866. The Morgan fingerprint density at radius 3 is 2.78 bits per heavy atom. The summed E-state index contributed by atoms with van der Waals surface area (Å²) in [6.07, 6.45) is 9.06. The van der Waals surface area contributed by atoms with Crippen molar-refractivity contribution in [3.63, 3.8) is 0 Å². The van der Waals surface area contributed by atoms with Gasteiger partial charge < -0.3 is 10.2 Å². The number of hydrogen-bond donors (Lipinski definition) is 1. The number of piperidine rings is 1. The van der Waals surface area contributed by atoms with Crippen molar-refractivity contribution >= 4 is 5.82 Å². The van der Waals surface area contributed by atoms with Crippen LogP contribution in [0.3, 0.4) is 0 Å². The molecule has 0 spiro atoms. The number of nitrogens with zero attached hydrogens (tertiary/aromatic N) is 3. The summed E-state index contributed by atoms with van der Waals surface area (Å²) in [5, 5.41) is 3.61. The first-order chi connectivity index (χ1) is 8.81. The van der Waals surface area contributed by atoms with Crippen molar-refractivity contribution in [2.75, 3.05) is 24.5 Å². The molecule has 2 rings (SSSR count). The fourth-order valence-electron chi connectivity index (χ4n) is 2.62. The Morgan fingerprint density at radius 2 is 2.17 bits per heavy atom. The molecule has 0 radical (unpaired) electrons. The fourth-order valence-corrected chi connectivity index (χ4v) is 2.62. The van der Waals surface area contributed by atoms with E-state index in [4.69, 9.17) is 0 Å². The molecular formula is C14H24N4. The Labute approximate surface area is 110 Å². The van der Waals surface area contributed by atoms with Crippen LogP contribution < -0.4 is 10.2 Å². The second kappa shape index (κ2) is 6.69. The lowest BCUT2D eigenvalue weighted by molar-refractivity contribution is 0.311. The van der Waals surface area contributed by atoms with Crippen LogP contribution in [0.25, 0.3) is 0 Å². The van der Waals surface area contributed by atoms with E-state index in [1.807, 2.05) is 6.20 Å². The van der Waals surface area contributed by atoms with Gasteiger partial charge in [-0.25, -0.2) is 4.98 Å². The topological polar surface area (TPSA) is 41.0 Å². The lowest BCUT2D eigenvalue weighted by Gasteiger charge is -2.35.